The lowest BCUT2D eigenvalue weighted by Crippen LogP contribution is -2.42. The first-order valence-corrected chi connectivity index (χ1v) is 7.14. The van der Waals surface area contributed by atoms with Crippen LogP contribution in [0.4, 0.5) is 0 Å². The summed E-state index contributed by atoms with van der Waals surface area (Å²) in [5.74, 6) is 0.834. The molecule has 1 aliphatic rings. The summed E-state index contributed by atoms with van der Waals surface area (Å²) in [5, 5.41) is 13.6. The van der Waals surface area contributed by atoms with Gasteiger partial charge in [-0.15, -0.1) is 0 Å². The van der Waals surface area contributed by atoms with Crippen LogP contribution in [-0.4, -0.2) is 29.9 Å². The second kappa shape index (κ2) is 6.39. The lowest BCUT2D eigenvalue weighted by molar-refractivity contribution is -0.130. The Hall–Kier alpha value is -3.02. The third-order valence-corrected chi connectivity index (χ3v) is 3.37. The van der Waals surface area contributed by atoms with Gasteiger partial charge in [-0.3, -0.25) is 4.79 Å². The molecule has 1 atom stereocenters. The molecule has 1 unspecified atom stereocenters. The number of carbonyl (C=O) groups excluding carboxylic acids is 1. The zero-order valence-corrected chi connectivity index (χ0v) is 12.5. The Labute approximate surface area is 133 Å². The highest BCUT2D eigenvalue weighted by atomic mass is 16.6. The second-order valence-corrected chi connectivity index (χ2v) is 5.16. The van der Waals surface area contributed by atoms with Gasteiger partial charge < -0.3 is 14.6 Å². The van der Waals surface area contributed by atoms with E-state index in [1.165, 1.54) is 6.21 Å². The molecule has 0 aromatic heterocycles. The number of nitrogens with zero attached hydrogens (tertiary/aromatic N) is 1. The zero-order valence-electron chi connectivity index (χ0n) is 12.5. The van der Waals surface area contributed by atoms with Crippen molar-refractivity contribution in [3.63, 3.8) is 0 Å². The van der Waals surface area contributed by atoms with E-state index < -0.39 is 12.0 Å². The molecule has 1 aliphatic heterocycles. The first-order chi connectivity index (χ1) is 11.1. The Morgan fingerprint density at radius 2 is 2.09 bits per heavy atom. The van der Waals surface area contributed by atoms with Gasteiger partial charge in [0.05, 0.1) is 6.21 Å². The lowest BCUT2D eigenvalue weighted by Gasteiger charge is -2.24. The lowest BCUT2D eigenvalue weighted by atomic mass is 10.1. The number of aryl methyl sites for hydroxylation is 1. The van der Waals surface area contributed by atoms with Gasteiger partial charge in [0, 0.05) is 5.56 Å². The van der Waals surface area contributed by atoms with E-state index in [0.717, 1.165) is 5.56 Å². The number of nitrogens with one attached hydrogen (secondary N) is 1. The molecule has 3 rings (SSSR count). The number of hydrazone groups is 1. The van der Waals surface area contributed by atoms with Gasteiger partial charge in [-0.2, -0.15) is 5.10 Å². The zero-order chi connectivity index (χ0) is 16.2. The number of fused-ring (bicyclic) bond motifs is 1. The van der Waals surface area contributed by atoms with Crippen LogP contribution in [0.5, 0.6) is 17.2 Å². The van der Waals surface area contributed by atoms with Crippen molar-refractivity contribution >= 4 is 12.1 Å². The Morgan fingerprint density at radius 1 is 1.30 bits per heavy atom. The smallest absolute Gasteiger partial charge is 0.284 e. The monoisotopic (exact) mass is 312 g/mol. The first-order valence-electron chi connectivity index (χ1n) is 7.14. The van der Waals surface area contributed by atoms with Gasteiger partial charge in [0.15, 0.2) is 11.5 Å². The van der Waals surface area contributed by atoms with Gasteiger partial charge in [-0.1, -0.05) is 18.2 Å². The SMILES string of the molecule is Cc1ccc(/C=N/NC(=O)C2COc3ccccc3O2)c(O)c1. The summed E-state index contributed by atoms with van der Waals surface area (Å²) in [7, 11) is 0. The van der Waals surface area contributed by atoms with Gasteiger partial charge >= 0.3 is 0 Å². The second-order valence-electron chi connectivity index (χ2n) is 5.16. The number of para-hydroxylation sites is 2. The molecule has 6 heteroatoms. The van der Waals surface area contributed by atoms with Crippen LogP contribution >= 0.6 is 0 Å². The molecule has 0 radical (unpaired) electrons. The van der Waals surface area contributed by atoms with Gasteiger partial charge in [0.2, 0.25) is 6.10 Å². The quantitative estimate of drug-likeness (QED) is 0.671. The number of ether oxygens (including phenoxy) is 2. The maximum absolute atomic E-state index is 12.0. The number of phenols is 1. The predicted molar refractivity (Wildman–Crippen MR) is 84.9 cm³/mol. The number of rotatable bonds is 3. The van der Waals surface area contributed by atoms with Crippen LogP contribution in [0.25, 0.3) is 0 Å². The Morgan fingerprint density at radius 3 is 2.87 bits per heavy atom. The summed E-state index contributed by atoms with van der Waals surface area (Å²) < 4.78 is 11.1. The minimum Gasteiger partial charge on any atom is -0.507 e. The normalized spacial score (nSPS) is 16.3. The molecule has 0 saturated heterocycles. The van der Waals surface area contributed by atoms with E-state index in [2.05, 4.69) is 10.5 Å². The standard InChI is InChI=1S/C17H16N2O4/c1-11-6-7-12(13(20)8-11)9-18-19-17(21)16-10-22-14-4-2-3-5-15(14)23-16/h2-9,16,20H,10H2,1H3,(H,19,21)/b18-9+. The fourth-order valence-electron chi connectivity index (χ4n) is 2.15. The van der Waals surface area contributed by atoms with Crippen molar-refractivity contribution in [2.75, 3.05) is 6.61 Å². The number of benzene rings is 2. The number of amides is 1. The maximum atomic E-state index is 12.0. The molecule has 23 heavy (non-hydrogen) atoms. The van der Waals surface area contributed by atoms with E-state index >= 15 is 0 Å². The van der Waals surface area contributed by atoms with Crippen molar-refractivity contribution in [2.45, 2.75) is 13.0 Å². The van der Waals surface area contributed by atoms with Crippen molar-refractivity contribution in [3.05, 3.63) is 53.6 Å². The van der Waals surface area contributed by atoms with E-state index in [1.54, 1.807) is 30.3 Å². The van der Waals surface area contributed by atoms with Crippen LogP contribution in [0.2, 0.25) is 0 Å². The average Bonchev–Trinajstić information content (AvgIpc) is 2.56. The van der Waals surface area contributed by atoms with Gasteiger partial charge in [0.25, 0.3) is 5.91 Å². The van der Waals surface area contributed by atoms with E-state index in [4.69, 9.17) is 9.47 Å². The van der Waals surface area contributed by atoms with E-state index in [-0.39, 0.29) is 12.4 Å². The molecule has 1 heterocycles. The molecule has 2 aromatic carbocycles. The van der Waals surface area contributed by atoms with Crippen LogP contribution in [0.15, 0.2) is 47.6 Å². The van der Waals surface area contributed by atoms with Crippen LogP contribution in [-0.2, 0) is 4.79 Å². The molecule has 0 saturated carbocycles. The fraction of sp³-hybridized carbons (Fsp3) is 0.176. The molecule has 2 N–H and O–H groups in total. The molecule has 0 fully saturated rings. The number of phenolic OH excluding ortho intramolecular Hbond substituents is 1. The van der Waals surface area contributed by atoms with E-state index in [1.807, 2.05) is 19.1 Å². The fourth-order valence-corrected chi connectivity index (χ4v) is 2.15. The highest BCUT2D eigenvalue weighted by Crippen LogP contribution is 2.30. The van der Waals surface area contributed by atoms with E-state index in [0.29, 0.717) is 17.1 Å². The summed E-state index contributed by atoms with van der Waals surface area (Å²) in [6.07, 6.45) is 0.610. The van der Waals surface area contributed by atoms with Crippen LogP contribution < -0.4 is 14.9 Å². The molecule has 2 aromatic rings. The third kappa shape index (κ3) is 3.42. The summed E-state index contributed by atoms with van der Waals surface area (Å²) in [6.45, 7) is 1.99. The number of hydrogen-bond donors (Lipinski definition) is 2. The number of carbonyl (C=O) groups is 1. The van der Waals surface area contributed by atoms with Crippen LogP contribution in [0.1, 0.15) is 11.1 Å². The Bertz CT molecular complexity index is 758. The van der Waals surface area contributed by atoms with Crippen molar-refractivity contribution in [1.82, 2.24) is 5.43 Å². The Balaban J connectivity index is 1.61. The number of hydrogen-bond acceptors (Lipinski definition) is 5. The molecule has 0 aliphatic carbocycles. The Kier molecular flexibility index (Phi) is 4.14. The van der Waals surface area contributed by atoms with E-state index in [9.17, 15) is 9.90 Å². The molecule has 118 valence electrons. The first kappa shape index (κ1) is 14.9. The molecular formula is C17H16N2O4. The largest absolute Gasteiger partial charge is 0.507 e. The molecule has 0 spiro atoms. The minimum absolute atomic E-state index is 0.106. The van der Waals surface area contributed by atoms with Gasteiger partial charge in [0.1, 0.15) is 12.4 Å². The summed E-state index contributed by atoms with van der Waals surface area (Å²) >= 11 is 0. The third-order valence-electron chi connectivity index (χ3n) is 3.37. The maximum Gasteiger partial charge on any atom is 0.284 e. The summed E-state index contributed by atoms with van der Waals surface area (Å²) in [5.41, 5.74) is 3.84. The van der Waals surface area contributed by atoms with Crippen LogP contribution in [0, 0.1) is 6.92 Å². The van der Waals surface area contributed by atoms with Gasteiger partial charge in [-0.25, -0.2) is 5.43 Å². The van der Waals surface area contributed by atoms with Crippen molar-refractivity contribution in [3.8, 4) is 17.2 Å². The molecule has 0 bridgehead atoms. The van der Waals surface area contributed by atoms with Crippen molar-refractivity contribution < 1.29 is 19.4 Å². The average molecular weight is 312 g/mol. The van der Waals surface area contributed by atoms with Crippen molar-refractivity contribution in [2.24, 2.45) is 5.10 Å². The molecule has 6 nitrogen and oxygen atoms in total. The highest BCUT2D eigenvalue weighted by molar-refractivity contribution is 5.86. The molecule has 1 amide bonds. The highest BCUT2D eigenvalue weighted by Gasteiger charge is 2.26. The van der Waals surface area contributed by atoms with Crippen molar-refractivity contribution in [1.29, 1.82) is 0 Å². The molecular weight excluding hydrogens is 296 g/mol. The van der Waals surface area contributed by atoms with Crippen LogP contribution in [0.3, 0.4) is 0 Å². The number of aromatic hydroxyl groups is 1. The van der Waals surface area contributed by atoms with Gasteiger partial charge in [-0.05, 0) is 36.8 Å². The topological polar surface area (TPSA) is 80.2 Å². The minimum atomic E-state index is -0.770. The summed E-state index contributed by atoms with van der Waals surface area (Å²) in [6, 6.07) is 12.3. The summed E-state index contributed by atoms with van der Waals surface area (Å²) in [4.78, 5) is 12.0. The predicted octanol–water partition coefficient (Wildman–Crippen LogP) is 1.99.